The van der Waals surface area contributed by atoms with Crippen LogP contribution in [0.4, 0.5) is 0 Å². The number of pyridine rings is 1. The van der Waals surface area contributed by atoms with Crippen LogP contribution in [-0.4, -0.2) is 22.7 Å². The molecule has 1 heterocycles. The van der Waals surface area contributed by atoms with E-state index in [-0.39, 0.29) is 11.2 Å². The van der Waals surface area contributed by atoms with Crippen molar-refractivity contribution in [3.63, 3.8) is 0 Å². The maximum absolute atomic E-state index is 12.4. The summed E-state index contributed by atoms with van der Waals surface area (Å²) in [6.45, 7) is 8.53. The molecule has 2 rings (SSSR count). The highest BCUT2D eigenvalue weighted by molar-refractivity contribution is 8.00. The average Bonchev–Trinajstić information content (AvgIpc) is 2.59. The topological polar surface area (TPSA) is 65.8 Å². The standard InChI is InChI=1S/C19H27N3OS/c1-12-13(2)17(10-20)19(22-14(12)3)24-15(4)18(23)21-11-16-8-6-5-7-9-16/h15-16H,5-9,11H2,1-4H3,(H,21,23)/t15-/m1/s1. The summed E-state index contributed by atoms with van der Waals surface area (Å²) in [6, 6.07) is 2.24. The van der Waals surface area contributed by atoms with Crippen LogP contribution in [0.1, 0.15) is 61.4 Å². The number of rotatable bonds is 5. The summed E-state index contributed by atoms with van der Waals surface area (Å²) in [5, 5.41) is 12.9. The average molecular weight is 346 g/mol. The van der Waals surface area contributed by atoms with Gasteiger partial charge >= 0.3 is 0 Å². The normalized spacial score (nSPS) is 16.5. The van der Waals surface area contributed by atoms with Crippen molar-refractivity contribution in [1.29, 1.82) is 5.26 Å². The van der Waals surface area contributed by atoms with Crippen molar-refractivity contribution in [2.75, 3.05) is 6.54 Å². The first-order chi connectivity index (χ1) is 11.4. The molecule has 0 bridgehead atoms. The summed E-state index contributed by atoms with van der Waals surface area (Å²) in [7, 11) is 0. The van der Waals surface area contributed by atoms with E-state index in [1.807, 2.05) is 27.7 Å². The maximum atomic E-state index is 12.4. The molecule has 0 saturated heterocycles. The highest BCUT2D eigenvalue weighted by Crippen LogP contribution is 2.29. The van der Waals surface area contributed by atoms with E-state index in [9.17, 15) is 10.1 Å². The Labute approximate surface area is 149 Å². The number of amides is 1. The zero-order valence-electron chi connectivity index (χ0n) is 15.1. The third kappa shape index (κ3) is 4.51. The van der Waals surface area contributed by atoms with Crippen LogP contribution >= 0.6 is 11.8 Å². The van der Waals surface area contributed by atoms with E-state index in [2.05, 4.69) is 16.4 Å². The molecule has 4 nitrogen and oxygen atoms in total. The minimum absolute atomic E-state index is 0.0344. The van der Waals surface area contributed by atoms with Crippen molar-refractivity contribution in [2.24, 2.45) is 5.92 Å². The van der Waals surface area contributed by atoms with E-state index in [4.69, 9.17) is 0 Å². The first kappa shape index (κ1) is 18.8. The van der Waals surface area contributed by atoms with Crippen LogP contribution in [0.25, 0.3) is 0 Å². The molecule has 0 unspecified atom stereocenters. The summed E-state index contributed by atoms with van der Waals surface area (Å²) in [5.41, 5.74) is 3.52. The molecule has 5 heteroatoms. The number of aromatic nitrogens is 1. The van der Waals surface area contributed by atoms with Gasteiger partial charge in [0.25, 0.3) is 0 Å². The predicted molar refractivity (Wildman–Crippen MR) is 98.1 cm³/mol. The highest BCUT2D eigenvalue weighted by atomic mass is 32.2. The van der Waals surface area contributed by atoms with Crippen LogP contribution in [0.3, 0.4) is 0 Å². The molecule has 130 valence electrons. The van der Waals surface area contributed by atoms with Gasteiger partial charge in [0.05, 0.1) is 10.8 Å². The lowest BCUT2D eigenvalue weighted by molar-refractivity contribution is -0.120. The molecular weight excluding hydrogens is 318 g/mol. The van der Waals surface area contributed by atoms with Crippen molar-refractivity contribution in [1.82, 2.24) is 10.3 Å². The van der Waals surface area contributed by atoms with Gasteiger partial charge in [0.1, 0.15) is 11.1 Å². The van der Waals surface area contributed by atoms with Gasteiger partial charge in [-0.25, -0.2) is 4.98 Å². The Hall–Kier alpha value is -1.54. The van der Waals surface area contributed by atoms with Crippen molar-refractivity contribution in [3.05, 3.63) is 22.4 Å². The Morgan fingerprint density at radius 2 is 1.96 bits per heavy atom. The quantitative estimate of drug-likeness (QED) is 0.817. The monoisotopic (exact) mass is 345 g/mol. The van der Waals surface area contributed by atoms with Crippen molar-refractivity contribution in [2.45, 2.75) is 70.1 Å². The smallest absolute Gasteiger partial charge is 0.233 e. The number of carbonyl (C=O) groups excluding carboxylic acids is 1. The molecule has 1 atom stereocenters. The molecular formula is C19H27N3OS. The first-order valence-corrected chi connectivity index (χ1v) is 9.64. The fraction of sp³-hybridized carbons (Fsp3) is 0.632. The van der Waals surface area contributed by atoms with Crippen LogP contribution in [0.5, 0.6) is 0 Å². The lowest BCUT2D eigenvalue weighted by atomic mass is 9.89. The number of aryl methyl sites for hydroxylation is 1. The van der Waals surface area contributed by atoms with E-state index < -0.39 is 0 Å². The maximum Gasteiger partial charge on any atom is 0.233 e. The molecule has 1 amide bonds. The molecule has 1 saturated carbocycles. The van der Waals surface area contributed by atoms with Gasteiger partial charge in [-0.1, -0.05) is 31.0 Å². The zero-order chi connectivity index (χ0) is 17.7. The largest absolute Gasteiger partial charge is 0.355 e. The van der Waals surface area contributed by atoms with E-state index in [0.29, 0.717) is 16.5 Å². The Balaban J connectivity index is 1.99. The van der Waals surface area contributed by atoms with E-state index in [1.165, 1.54) is 43.9 Å². The summed E-state index contributed by atoms with van der Waals surface area (Å²) >= 11 is 1.38. The first-order valence-electron chi connectivity index (χ1n) is 8.76. The lowest BCUT2D eigenvalue weighted by Gasteiger charge is -2.22. The number of nitriles is 1. The van der Waals surface area contributed by atoms with Gasteiger partial charge in [-0.15, -0.1) is 0 Å². The minimum Gasteiger partial charge on any atom is -0.355 e. The molecule has 1 aliphatic carbocycles. The predicted octanol–water partition coefficient (Wildman–Crippen LogP) is 4.06. The number of hydrogen-bond acceptors (Lipinski definition) is 4. The van der Waals surface area contributed by atoms with Crippen LogP contribution in [-0.2, 0) is 4.79 Å². The molecule has 1 aliphatic rings. The molecule has 0 aliphatic heterocycles. The number of nitrogens with one attached hydrogen (secondary N) is 1. The second-order valence-electron chi connectivity index (χ2n) is 6.75. The van der Waals surface area contributed by atoms with Crippen molar-refractivity contribution >= 4 is 17.7 Å². The molecule has 1 fully saturated rings. The SMILES string of the molecule is Cc1nc(S[C@H](C)C(=O)NCC2CCCCC2)c(C#N)c(C)c1C. The van der Waals surface area contributed by atoms with E-state index in [0.717, 1.165) is 23.4 Å². The Bertz CT molecular complexity index is 645. The molecule has 0 spiro atoms. The van der Waals surface area contributed by atoms with Gasteiger partial charge < -0.3 is 5.32 Å². The fourth-order valence-electron chi connectivity index (χ4n) is 3.13. The molecule has 0 radical (unpaired) electrons. The van der Waals surface area contributed by atoms with Crippen LogP contribution in [0.2, 0.25) is 0 Å². The summed E-state index contributed by atoms with van der Waals surface area (Å²) < 4.78 is 0. The van der Waals surface area contributed by atoms with Gasteiger partial charge in [0, 0.05) is 12.2 Å². The Morgan fingerprint density at radius 3 is 2.58 bits per heavy atom. The van der Waals surface area contributed by atoms with Gasteiger partial charge in [0.15, 0.2) is 0 Å². The van der Waals surface area contributed by atoms with Gasteiger partial charge in [-0.2, -0.15) is 5.26 Å². The molecule has 1 aromatic heterocycles. The molecule has 24 heavy (non-hydrogen) atoms. The zero-order valence-corrected chi connectivity index (χ0v) is 15.9. The molecule has 0 aromatic carbocycles. The van der Waals surface area contributed by atoms with Crippen LogP contribution in [0, 0.1) is 38.0 Å². The second kappa shape index (κ2) is 8.53. The third-order valence-electron chi connectivity index (χ3n) is 5.02. The molecule has 1 N–H and O–H groups in total. The van der Waals surface area contributed by atoms with Gasteiger partial charge in [-0.05, 0) is 57.6 Å². The lowest BCUT2D eigenvalue weighted by Crippen LogP contribution is -2.35. The van der Waals surface area contributed by atoms with Crippen molar-refractivity contribution < 1.29 is 4.79 Å². The number of thioether (sulfide) groups is 1. The Morgan fingerprint density at radius 1 is 1.29 bits per heavy atom. The highest BCUT2D eigenvalue weighted by Gasteiger charge is 2.21. The molecule has 1 aromatic rings. The van der Waals surface area contributed by atoms with Crippen LogP contribution < -0.4 is 5.32 Å². The summed E-state index contributed by atoms with van der Waals surface area (Å²) in [4.78, 5) is 16.9. The van der Waals surface area contributed by atoms with E-state index in [1.54, 1.807) is 0 Å². The number of hydrogen-bond donors (Lipinski definition) is 1. The van der Waals surface area contributed by atoms with E-state index >= 15 is 0 Å². The summed E-state index contributed by atoms with van der Waals surface area (Å²) in [6.07, 6.45) is 6.33. The van der Waals surface area contributed by atoms with Gasteiger partial charge in [0.2, 0.25) is 5.91 Å². The van der Waals surface area contributed by atoms with Crippen LogP contribution in [0.15, 0.2) is 5.03 Å². The summed E-state index contributed by atoms with van der Waals surface area (Å²) in [5.74, 6) is 0.656. The number of carbonyl (C=O) groups is 1. The van der Waals surface area contributed by atoms with Gasteiger partial charge in [-0.3, -0.25) is 4.79 Å². The van der Waals surface area contributed by atoms with Crippen molar-refractivity contribution in [3.8, 4) is 6.07 Å². The third-order valence-corrected chi connectivity index (χ3v) is 6.11. The minimum atomic E-state index is -0.255. The Kier molecular flexibility index (Phi) is 6.68. The second-order valence-corrected chi connectivity index (χ2v) is 8.08. The fourth-order valence-corrected chi connectivity index (χ4v) is 4.16. The number of nitrogens with zero attached hydrogens (tertiary/aromatic N) is 2.